The predicted molar refractivity (Wildman–Crippen MR) is 62.6 cm³/mol. The van der Waals surface area contributed by atoms with Gasteiger partial charge in [0.2, 0.25) is 5.44 Å². The van der Waals surface area contributed by atoms with Gasteiger partial charge in [0, 0.05) is 12.1 Å². The number of rotatable bonds is 5. The van der Waals surface area contributed by atoms with Crippen molar-refractivity contribution in [3.63, 3.8) is 0 Å². The molecule has 18 heavy (non-hydrogen) atoms. The summed E-state index contributed by atoms with van der Waals surface area (Å²) in [5.41, 5.74) is -2.35. The molecule has 0 aliphatic heterocycles. The lowest BCUT2D eigenvalue weighted by molar-refractivity contribution is 0.226. The minimum Gasteiger partial charge on any atom is -0.496 e. The van der Waals surface area contributed by atoms with Crippen LogP contribution >= 0.6 is 0 Å². The summed E-state index contributed by atoms with van der Waals surface area (Å²) < 4.78 is 45.7. The maximum absolute atomic E-state index is 11.0. The minimum absolute atomic E-state index is 0.0244. The van der Waals surface area contributed by atoms with Crippen molar-refractivity contribution < 1.29 is 32.3 Å². The molecule has 0 fully saturated rings. The highest BCUT2D eigenvalue weighted by Crippen LogP contribution is 2.39. The van der Waals surface area contributed by atoms with Gasteiger partial charge in [0.05, 0.1) is 26.9 Å². The van der Waals surface area contributed by atoms with Crippen LogP contribution in [-0.2, 0) is 10.1 Å². The van der Waals surface area contributed by atoms with Gasteiger partial charge in [0.25, 0.3) is 10.1 Å². The molecule has 1 rings (SSSR count). The van der Waals surface area contributed by atoms with Gasteiger partial charge >= 0.3 is 0 Å². The fraction of sp³-hybridized carbons (Fsp3) is 0.400. The number of ether oxygens (including phenoxy) is 3. The molecule has 8 heteroatoms. The standard InChI is InChI=1S/C10H14O7S/c1-15-6-4-7(16-2)9(8(5-6)17-3)10(11)18(12,13)14/h4-5,10-11H,1-3H3,(H,12,13,14). The molecule has 0 saturated heterocycles. The van der Waals surface area contributed by atoms with Gasteiger partial charge in [0.1, 0.15) is 17.2 Å². The fourth-order valence-corrected chi connectivity index (χ4v) is 1.96. The SMILES string of the molecule is COc1cc(OC)c(C(O)S(=O)(=O)O)c(OC)c1. The van der Waals surface area contributed by atoms with Gasteiger partial charge in [-0.15, -0.1) is 0 Å². The van der Waals surface area contributed by atoms with Crippen LogP contribution in [-0.4, -0.2) is 39.4 Å². The number of aliphatic hydroxyl groups is 1. The number of benzene rings is 1. The predicted octanol–water partition coefficient (Wildman–Crippen LogP) is 0.591. The third-order valence-electron chi connectivity index (χ3n) is 2.28. The van der Waals surface area contributed by atoms with Crippen molar-refractivity contribution in [2.24, 2.45) is 0 Å². The Bertz CT molecular complexity index is 498. The van der Waals surface area contributed by atoms with E-state index >= 15 is 0 Å². The highest BCUT2D eigenvalue weighted by atomic mass is 32.2. The van der Waals surface area contributed by atoms with Crippen molar-refractivity contribution in [3.8, 4) is 17.2 Å². The summed E-state index contributed by atoms with van der Waals surface area (Å²) in [5.74, 6) is 0.405. The molecule has 7 nitrogen and oxygen atoms in total. The van der Waals surface area contributed by atoms with Gasteiger partial charge in [-0.3, -0.25) is 4.55 Å². The van der Waals surface area contributed by atoms with Crippen molar-refractivity contribution in [1.29, 1.82) is 0 Å². The first-order valence-corrected chi connectivity index (χ1v) is 6.29. The highest BCUT2D eigenvalue weighted by Gasteiger charge is 2.29. The second-order valence-electron chi connectivity index (χ2n) is 3.31. The summed E-state index contributed by atoms with van der Waals surface area (Å²) in [6.07, 6.45) is 0. The molecule has 0 aliphatic carbocycles. The molecule has 0 saturated carbocycles. The first kappa shape index (κ1) is 14.6. The minimum atomic E-state index is -4.69. The summed E-state index contributed by atoms with van der Waals surface area (Å²) in [7, 11) is -0.704. The van der Waals surface area contributed by atoms with E-state index in [4.69, 9.17) is 18.8 Å². The van der Waals surface area contributed by atoms with E-state index < -0.39 is 15.6 Å². The smallest absolute Gasteiger partial charge is 0.296 e. The lowest BCUT2D eigenvalue weighted by atomic mass is 10.1. The topological polar surface area (TPSA) is 102 Å². The van der Waals surface area contributed by atoms with E-state index in [1.54, 1.807) is 0 Å². The van der Waals surface area contributed by atoms with E-state index in [9.17, 15) is 13.5 Å². The highest BCUT2D eigenvalue weighted by molar-refractivity contribution is 7.85. The average molecular weight is 278 g/mol. The van der Waals surface area contributed by atoms with E-state index in [0.29, 0.717) is 5.75 Å². The molecule has 0 heterocycles. The Kier molecular flexibility index (Phi) is 4.38. The Labute approximate surface area is 105 Å². The second-order valence-corrected chi connectivity index (χ2v) is 4.79. The lowest BCUT2D eigenvalue weighted by Crippen LogP contribution is -2.13. The van der Waals surface area contributed by atoms with Crippen LogP contribution in [0.4, 0.5) is 0 Å². The first-order valence-electron chi connectivity index (χ1n) is 4.79. The van der Waals surface area contributed by atoms with E-state index in [0.717, 1.165) is 0 Å². The van der Waals surface area contributed by atoms with Gasteiger partial charge in [-0.2, -0.15) is 8.42 Å². The van der Waals surface area contributed by atoms with Crippen molar-refractivity contribution in [2.45, 2.75) is 5.44 Å². The van der Waals surface area contributed by atoms with Gasteiger partial charge in [-0.1, -0.05) is 0 Å². The van der Waals surface area contributed by atoms with Gasteiger partial charge < -0.3 is 19.3 Å². The zero-order valence-electron chi connectivity index (χ0n) is 10.1. The third kappa shape index (κ3) is 2.84. The molecule has 0 spiro atoms. The van der Waals surface area contributed by atoms with E-state index in [2.05, 4.69) is 0 Å². The van der Waals surface area contributed by atoms with Gasteiger partial charge in [-0.05, 0) is 0 Å². The molecule has 0 aliphatic rings. The quantitative estimate of drug-likeness (QED) is 0.760. The zero-order valence-corrected chi connectivity index (χ0v) is 10.9. The number of hydrogen-bond acceptors (Lipinski definition) is 6. The molecule has 0 aromatic heterocycles. The summed E-state index contributed by atoms with van der Waals surface area (Å²) >= 11 is 0. The van der Waals surface area contributed by atoms with E-state index in [1.807, 2.05) is 0 Å². The Morgan fingerprint density at radius 3 is 1.78 bits per heavy atom. The fourth-order valence-electron chi connectivity index (χ4n) is 1.42. The number of aliphatic hydroxyl groups excluding tert-OH is 1. The number of methoxy groups -OCH3 is 3. The van der Waals surface area contributed by atoms with Crippen LogP contribution in [0.25, 0.3) is 0 Å². The lowest BCUT2D eigenvalue weighted by Gasteiger charge is -2.17. The average Bonchev–Trinajstić information content (AvgIpc) is 2.34. The molecule has 1 unspecified atom stereocenters. The Morgan fingerprint density at radius 2 is 1.50 bits per heavy atom. The molecule has 0 radical (unpaired) electrons. The van der Waals surface area contributed by atoms with Gasteiger partial charge in [-0.25, -0.2) is 0 Å². The van der Waals surface area contributed by atoms with Crippen molar-refractivity contribution in [3.05, 3.63) is 17.7 Å². The van der Waals surface area contributed by atoms with Crippen LogP contribution in [0.15, 0.2) is 12.1 Å². The molecule has 1 aromatic carbocycles. The van der Waals surface area contributed by atoms with Crippen LogP contribution in [0.2, 0.25) is 0 Å². The first-order chi connectivity index (χ1) is 8.35. The Balaban J connectivity index is 3.50. The maximum atomic E-state index is 11.0. The van der Waals surface area contributed by atoms with Crippen molar-refractivity contribution in [2.75, 3.05) is 21.3 Å². The van der Waals surface area contributed by atoms with E-state index in [-0.39, 0.29) is 17.1 Å². The van der Waals surface area contributed by atoms with Gasteiger partial charge in [0.15, 0.2) is 0 Å². The Hall–Kier alpha value is -1.51. The Morgan fingerprint density at radius 1 is 1.06 bits per heavy atom. The number of hydrogen-bond donors (Lipinski definition) is 2. The molecular weight excluding hydrogens is 264 g/mol. The molecule has 0 bridgehead atoms. The second kappa shape index (κ2) is 5.42. The van der Waals surface area contributed by atoms with E-state index in [1.165, 1.54) is 33.5 Å². The summed E-state index contributed by atoms with van der Waals surface area (Å²) in [6.45, 7) is 0. The van der Waals surface area contributed by atoms with Crippen molar-refractivity contribution in [1.82, 2.24) is 0 Å². The van der Waals surface area contributed by atoms with Crippen molar-refractivity contribution >= 4 is 10.1 Å². The van der Waals surface area contributed by atoms with Crippen LogP contribution in [0.3, 0.4) is 0 Å². The maximum Gasteiger partial charge on any atom is 0.296 e. The normalized spacial score (nSPS) is 12.9. The summed E-state index contributed by atoms with van der Waals surface area (Å²) in [4.78, 5) is 0. The largest absolute Gasteiger partial charge is 0.496 e. The van der Waals surface area contributed by atoms with Crippen LogP contribution < -0.4 is 14.2 Å². The monoisotopic (exact) mass is 278 g/mol. The molecule has 1 aromatic rings. The molecule has 2 N–H and O–H groups in total. The zero-order chi connectivity index (χ0) is 13.9. The summed E-state index contributed by atoms with van der Waals surface area (Å²) in [5, 5.41) is 9.61. The third-order valence-corrected chi connectivity index (χ3v) is 3.08. The summed E-state index contributed by atoms with van der Waals surface area (Å²) in [6, 6.07) is 2.73. The molecular formula is C10H14O7S. The van der Waals surface area contributed by atoms with Crippen LogP contribution in [0.1, 0.15) is 11.0 Å². The van der Waals surface area contributed by atoms with Crippen LogP contribution in [0, 0.1) is 0 Å². The van der Waals surface area contributed by atoms with Crippen LogP contribution in [0.5, 0.6) is 17.2 Å². The molecule has 0 amide bonds. The molecule has 102 valence electrons. The molecule has 1 atom stereocenters.